The molecule has 0 bridgehead atoms. The van der Waals surface area contributed by atoms with Crippen molar-refractivity contribution >= 4 is 11.7 Å². The zero-order valence-corrected chi connectivity index (χ0v) is 10.7. The van der Waals surface area contributed by atoms with Crippen LogP contribution < -0.4 is 4.90 Å². The minimum absolute atomic E-state index is 0.223. The Labute approximate surface area is 109 Å². The molecule has 1 aliphatic carbocycles. The molecule has 1 aliphatic rings. The summed E-state index contributed by atoms with van der Waals surface area (Å²) in [5.41, 5.74) is -0.508. The molecule has 3 nitrogen and oxygen atoms in total. The lowest BCUT2D eigenvalue weighted by Crippen LogP contribution is -2.40. The van der Waals surface area contributed by atoms with Gasteiger partial charge in [-0.1, -0.05) is 6.07 Å². The Balaban J connectivity index is 2.18. The van der Waals surface area contributed by atoms with E-state index in [1.807, 2.05) is 0 Å². The summed E-state index contributed by atoms with van der Waals surface area (Å²) in [5.74, 6) is 0. The molecule has 104 valence electrons. The van der Waals surface area contributed by atoms with Crippen LogP contribution in [0.15, 0.2) is 24.3 Å². The van der Waals surface area contributed by atoms with Crippen LogP contribution in [-0.2, 0) is 6.18 Å². The molecule has 0 N–H and O–H groups in total. The Morgan fingerprint density at radius 1 is 1.26 bits per heavy atom. The summed E-state index contributed by atoms with van der Waals surface area (Å²) in [7, 11) is 3.15. The number of urea groups is 1. The number of carbonyl (C=O) groups excluding carboxylic acids is 1. The van der Waals surface area contributed by atoms with Crippen LogP contribution in [0.25, 0.3) is 0 Å². The summed E-state index contributed by atoms with van der Waals surface area (Å²) in [4.78, 5) is 14.9. The van der Waals surface area contributed by atoms with Crippen LogP contribution in [0.1, 0.15) is 18.4 Å². The largest absolute Gasteiger partial charge is 0.416 e. The third kappa shape index (κ3) is 3.00. The molecule has 1 aromatic carbocycles. The summed E-state index contributed by atoms with van der Waals surface area (Å²) in [6.07, 6.45) is -2.49. The molecule has 0 saturated heterocycles. The first-order valence-electron chi connectivity index (χ1n) is 5.98. The van der Waals surface area contributed by atoms with Gasteiger partial charge >= 0.3 is 12.2 Å². The van der Waals surface area contributed by atoms with Crippen molar-refractivity contribution in [1.29, 1.82) is 0 Å². The number of anilines is 1. The van der Waals surface area contributed by atoms with Crippen LogP contribution in [0, 0.1) is 0 Å². The lowest BCUT2D eigenvalue weighted by atomic mass is 10.2. The van der Waals surface area contributed by atoms with Crippen LogP contribution >= 0.6 is 0 Å². The Morgan fingerprint density at radius 2 is 1.89 bits per heavy atom. The van der Waals surface area contributed by atoms with Crippen molar-refractivity contribution in [3.05, 3.63) is 29.8 Å². The number of alkyl halides is 3. The van der Waals surface area contributed by atoms with Gasteiger partial charge in [-0.25, -0.2) is 4.79 Å². The Morgan fingerprint density at radius 3 is 2.42 bits per heavy atom. The highest BCUT2D eigenvalue weighted by molar-refractivity contribution is 5.91. The van der Waals surface area contributed by atoms with E-state index < -0.39 is 11.7 Å². The number of benzene rings is 1. The molecule has 1 aromatic rings. The molecule has 19 heavy (non-hydrogen) atoms. The van der Waals surface area contributed by atoms with E-state index in [-0.39, 0.29) is 17.8 Å². The maximum Gasteiger partial charge on any atom is 0.416 e. The molecular weight excluding hydrogens is 257 g/mol. The van der Waals surface area contributed by atoms with E-state index in [0.29, 0.717) is 0 Å². The van der Waals surface area contributed by atoms with Crippen LogP contribution in [0.3, 0.4) is 0 Å². The molecule has 0 aromatic heterocycles. The fourth-order valence-corrected chi connectivity index (χ4v) is 1.86. The number of rotatable bonds is 2. The van der Waals surface area contributed by atoms with Gasteiger partial charge in [0.1, 0.15) is 0 Å². The van der Waals surface area contributed by atoms with E-state index in [2.05, 4.69) is 0 Å². The minimum atomic E-state index is -4.40. The Bertz CT molecular complexity index is 483. The number of hydrogen-bond acceptors (Lipinski definition) is 1. The summed E-state index contributed by atoms with van der Waals surface area (Å²) in [5, 5.41) is 0. The van der Waals surface area contributed by atoms with Gasteiger partial charge in [0.2, 0.25) is 0 Å². The van der Waals surface area contributed by atoms with E-state index in [1.165, 1.54) is 24.1 Å². The highest BCUT2D eigenvalue weighted by Gasteiger charge is 2.33. The van der Waals surface area contributed by atoms with E-state index in [4.69, 9.17) is 0 Å². The molecular formula is C13H15F3N2O. The molecule has 0 unspecified atom stereocenters. The van der Waals surface area contributed by atoms with Gasteiger partial charge in [0.05, 0.1) is 5.56 Å². The van der Waals surface area contributed by atoms with Crippen molar-refractivity contribution in [3.63, 3.8) is 0 Å². The first-order chi connectivity index (χ1) is 8.80. The van der Waals surface area contributed by atoms with Gasteiger partial charge in [-0.15, -0.1) is 0 Å². The molecule has 0 spiro atoms. The SMILES string of the molecule is CN(C(=O)N(C)C1CC1)c1cccc(C(F)(F)F)c1. The van der Waals surface area contributed by atoms with Crippen molar-refractivity contribution in [2.24, 2.45) is 0 Å². The highest BCUT2D eigenvalue weighted by Crippen LogP contribution is 2.32. The molecule has 0 atom stereocenters. The summed E-state index contributed by atoms with van der Waals surface area (Å²) >= 11 is 0. The van der Waals surface area contributed by atoms with Crippen LogP contribution in [0.5, 0.6) is 0 Å². The monoisotopic (exact) mass is 272 g/mol. The van der Waals surface area contributed by atoms with Crippen molar-refractivity contribution in [1.82, 2.24) is 4.90 Å². The zero-order chi connectivity index (χ0) is 14.2. The second kappa shape index (κ2) is 4.75. The smallest absolute Gasteiger partial charge is 0.324 e. The Kier molecular flexibility index (Phi) is 3.43. The van der Waals surface area contributed by atoms with Crippen molar-refractivity contribution < 1.29 is 18.0 Å². The van der Waals surface area contributed by atoms with Crippen molar-refractivity contribution in [2.75, 3.05) is 19.0 Å². The fraction of sp³-hybridized carbons (Fsp3) is 0.462. The third-order valence-electron chi connectivity index (χ3n) is 3.24. The number of amides is 2. The molecule has 6 heteroatoms. The third-order valence-corrected chi connectivity index (χ3v) is 3.24. The lowest BCUT2D eigenvalue weighted by Gasteiger charge is -2.25. The molecule has 0 heterocycles. The molecule has 1 fully saturated rings. The summed E-state index contributed by atoms with van der Waals surface area (Å²) in [6.45, 7) is 0. The van der Waals surface area contributed by atoms with Gasteiger partial charge in [0.25, 0.3) is 0 Å². The van der Waals surface area contributed by atoms with Crippen LogP contribution in [0.2, 0.25) is 0 Å². The Hall–Kier alpha value is -1.72. The quantitative estimate of drug-likeness (QED) is 0.809. The highest BCUT2D eigenvalue weighted by atomic mass is 19.4. The van der Waals surface area contributed by atoms with Gasteiger partial charge in [-0.05, 0) is 31.0 Å². The van der Waals surface area contributed by atoms with Gasteiger partial charge in [0.15, 0.2) is 0 Å². The molecule has 0 aliphatic heterocycles. The average molecular weight is 272 g/mol. The van der Waals surface area contributed by atoms with E-state index >= 15 is 0 Å². The predicted molar refractivity (Wildman–Crippen MR) is 66.0 cm³/mol. The average Bonchev–Trinajstić information content (AvgIpc) is 3.19. The van der Waals surface area contributed by atoms with Gasteiger partial charge < -0.3 is 4.90 Å². The minimum Gasteiger partial charge on any atom is -0.324 e. The predicted octanol–water partition coefficient (Wildman–Crippen LogP) is 3.36. The van der Waals surface area contributed by atoms with Crippen LogP contribution in [0.4, 0.5) is 23.7 Å². The molecule has 1 saturated carbocycles. The first-order valence-corrected chi connectivity index (χ1v) is 5.98. The maximum absolute atomic E-state index is 12.6. The second-order valence-corrected chi connectivity index (χ2v) is 4.73. The lowest BCUT2D eigenvalue weighted by molar-refractivity contribution is -0.137. The van der Waals surface area contributed by atoms with Gasteiger partial charge in [-0.2, -0.15) is 13.2 Å². The number of hydrogen-bond donors (Lipinski definition) is 0. The standard InChI is InChI=1S/C13H15F3N2O/c1-17(10-6-7-10)12(19)18(2)11-5-3-4-9(8-11)13(14,15)16/h3-5,8,10H,6-7H2,1-2H3. The topological polar surface area (TPSA) is 23.6 Å². The van der Waals surface area contributed by atoms with E-state index in [9.17, 15) is 18.0 Å². The normalized spacial score (nSPS) is 15.2. The number of halogens is 3. The molecule has 0 radical (unpaired) electrons. The number of carbonyl (C=O) groups is 1. The van der Waals surface area contributed by atoms with Crippen LogP contribution in [-0.4, -0.2) is 31.1 Å². The first kappa shape index (κ1) is 13.7. The maximum atomic E-state index is 12.6. The summed E-state index contributed by atoms with van der Waals surface area (Å²) in [6, 6.07) is 4.71. The van der Waals surface area contributed by atoms with E-state index in [1.54, 1.807) is 11.9 Å². The van der Waals surface area contributed by atoms with Gasteiger partial charge in [-0.3, -0.25) is 4.90 Å². The van der Waals surface area contributed by atoms with Crippen molar-refractivity contribution in [3.8, 4) is 0 Å². The molecule has 2 amide bonds. The summed E-state index contributed by atoms with van der Waals surface area (Å²) < 4.78 is 37.8. The van der Waals surface area contributed by atoms with E-state index in [0.717, 1.165) is 25.0 Å². The fourth-order valence-electron chi connectivity index (χ4n) is 1.86. The zero-order valence-electron chi connectivity index (χ0n) is 10.7. The second-order valence-electron chi connectivity index (χ2n) is 4.73. The number of nitrogens with zero attached hydrogens (tertiary/aromatic N) is 2. The van der Waals surface area contributed by atoms with Gasteiger partial charge in [0, 0.05) is 25.8 Å². The molecule has 2 rings (SSSR count). The van der Waals surface area contributed by atoms with Crippen molar-refractivity contribution in [2.45, 2.75) is 25.1 Å².